The standard InChI is InChI=1S/C13H24N2O5/c1-9(2)20-6-5-15(4)13(19)14-11(16)7-10(3)8-12(17)18/h9-10H,5-8H2,1-4H3,(H,17,18)(H,14,16,19). The van der Waals surface area contributed by atoms with E-state index >= 15 is 0 Å². The number of likely N-dealkylation sites (N-methyl/N-ethyl adjacent to an activating group) is 1. The number of nitrogens with one attached hydrogen (secondary N) is 1. The van der Waals surface area contributed by atoms with Crippen LogP contribution in [0.2, 0.25) is 0 Å². The van der Waals surface area contributed by atoms with Crippen molar-refractivity contribution in [2.24, 2.45) is 5.92 Å². The van der Waals surface area contributed by atoms with E-state index in [9.17, 15) is 14.4 Å². The highest BCUT2D eigenvalue weighted by atomic mass is 16.5. The van der Waals surface area contributed by atoms with Gasteiger partial charge in [0.25, 0.3) is 0 Å². The molecular formula is C13H24N2O5. The largest absolute Gasteiger partial charge is 0.481 e. The minimum atomic E-state index is -0.959. The average Bonchev–Trinajstić information content (AvgIpc) is 2.26. The lowest BCUT2D eigenvalue weighted by molar-refractivity contribution is -0.138. The van der Waals surface area contributed by atoms with E-state index in [4.69, 9.17) is 9.84 Å². The van der Waals surface area contributed by atoms with Crippen molar-refractivity contribution in [1.29, 1.82) is 0 Å². The van der Waals surface area contributed by atoms with Gasteiger partial charge in [0, 0.05) is 26.4 Å². The summed E-state index contributed by atoms with van der Waals surface area (Å²) >= 11 is 0. The van der Waals surface area contributed by atoms with E-state index in [-0.39, 0.29) is 24.9 Å². The molecule has 0 aromatic carbocycles. The minimum Gasteiger partial charge on any atom is -0.481 e. The number of hydrogen-bond donors (Lipinski definition) is 2. The lowest BCUT2D eigenvalue weighted by atomic mass is 10.0. The lowest BCUT2D eigenvalue weighted by Gasteiger charge is -2.18. The number of hydrogen-bond acceptors (Lipinski definition) is 4. The molecule has 0 rings (SSSR count). The molecule has 0 saturated heterocycles. The van der Waals surface area contributed by atoms with Crippen LogP contribution in [0.4, 0.5) is 4.79 Å². The molecule has 7 nitrogen and oxygen atoms in total. The second-order valence-electron chi connectivity index (χ2n) is 5.10. The van der Waals surface area contributed by atoms with Crippen molar-refractivity contribution < 1.29 is 24.2 Å². The van der Waals surface area contributed by atoms with Crippen LogP contribution in [0.3, 0.4) is 0 Å². The van der Waals surface area contributed by atoms with E-state index in [2.05, 4.69) is 5.32 Å². The highest BCUT2D eigenvalue weighted by molar-refractivity contribution is 5.94. The smallest absolute Gasteiger partial charge is 0.323 e. The first-order valence-electron chi connectivity index (χ1n) is 6.60. The molecule has 1 atom stereocenters. The van der Waals surface area contributed by atoms with Gasteiger partial charge >= 0.3 is 12.0 Å². The highest BCUT2D eigenvalue weighted by Gasteiger charge is 2.16. The summed E-state index contributed by atoms with van der Waals surface area (Å²) in [6.07, 6.45) is -0.00131. The third kappa shape index (κ3) is 9.32. The Bertz CT molecular complexity index is 344. The molecule has 20 heavy (non-hydrogen) atoms. The van der Waals surface area contributed by atoms with Crippen molar-refractivity contribution in [1.82, 2.24) is 10.2 Å². The molecule has 0 fully saturated rings. The Morgan fingerprint density at radius 1 is 1.20 bits per heavy atom. The molecule has 116 valence electrons. The molecule has 0 radical (unpaired) electrons. The fraction of sp³-hybridized carbons (Fsp3) is 0.769. The zero-order valence-corrected chi connectivity index (χ0v) is 12.5. The van der Waals surface area contributed by atoms with E-state index in [0.29, 0.717) is 13.2 Å². The topological polar surface area (TPSA) is 95.9 Å². The molecular weight excluding hydrogens is 264 g/mol. The van der Waals surface area contributed by atoms with Gasteiger partial charge < -0.3 is 14.7 Å². The molecule has 0 heterocycles. The summed E-state index contributed by atoms with van der Waals surface area (Å²) in [7, 11) is 1.56. The number of carboxylic acid groups (broad SMARTS) is 1. The van der Waals surface area contributed by atoms with Crippen molar-refractivity contribution in [2.45, 2.75) is 39.7 Å². The Morgan fingerprint density at radius 3 is 2.30 bits per heavy atom. The third-order valence-electron chi connectivity index (χ3n) is 2.53. The quantitative estimate of drug-likeness (QED) is 0.696. The first-order chi connectivity index (χ1) is 9.22. The number of carboxylic acids is 1. The molecule has 1 unspecified atom stereocenters. The van der Waals surface area contributed by atoms with E-state index < -0.39 is 17.9 Å². The van der Waals surface area contributed by atoms with Crippen LogP contribution in [0.25, 0.3) is 0 Å². The summed E-state index contributed by atoms with van der Waals surface area (Å²) in [5.74, 6) is -1.74. The van der Waals surface area contributed by atoms with Gasteiger partial charge in [0.2, 0.25) is 5.91 Å². The van der Waals surface area contributed by atoms with Gasteiger partial charge in [-0.1, -0.05) is 6.92 Å². The van der Waals surface area contributed by atoms with Gasteiger partial charge in [-0.2, -0.15) is 0 Å². The van der Waals surface area contributed by atoms with Crippen LogP contribution < -0.4 is 5.32 Å². The fourth-order valence-corrected chi connectivity index (χ4v) is 1.48. The molecule has 0 aliphatic carbocycles. The van der Waals surface area contributed by atoms with Gasteiger partial charge in [-0.15, -0.1) is 0 Å². The number of carbonyl (C=O) groups excluding carboxylic acids is 2. The van der Waals surface area contributed by atoms with Gasteiger partial charge in [-0.25, -0.2) is 4.79 Å². The van der Waals surface area contributed by atoms with E-state index in [0.717, 1.165) is 0 Å². The maximum absolute atomic E-state index is 11.7. The second-order valence-corrected chi connectivity index (χ2v) is 5.10. The predicted molar refractivity (Wildman–Crippen MR) is 73.3 cm³/mol. The Morgan fingerprint density at radius 2 is 1.80 bits per heavy atom. The number of ether oxygens (including phenoxy) is 1. The number of amides is 3. The van der Waals surface area contributed by atoms with Gasteiger partial charge in [0.1, 0.15) is 0 Å². The zero-order valence-electron chi connectivity index (χ0n) is 12.5. The Kier molecular flexibility index (Phi) is 8.54. The van der Waals surface area contributed by atoms with Gasteiger partial charge in [-0.3, -0.25) is 14.9 Å². The molecule has 0 aromatic heterocycles. The maximum Gasteiger partial charge on any atom is 0.323 e. The summed E-state index contributed by atoms with van der Waals surface area (Å²) in [5, 5.41) is 10.8. The molecule has 0 aromatic rings. The van der Waals surface area contributed by atoms with Crippen LogP contribution in [0, 0.1) is 5.92 Å². The van der Waals surface area contributed by atoms with Crippen molar-refractivity contribution in [3.8, 4) is 0 Å². The normalized spacial score (nSPS) is 12.1. The Balaban J connectivity index is 3.99. The first-order valence-corrected chi connectivity index (χ1v) is 6.60. The summed E-state index contributed by atoms with van der Waals surface area (Å²) < 4.78 is 5.30. The second kappa shape index (κ2) is 9.30. The SMILES string of the molecule is CC(CC(=O)O)CC(=O)NC(=O)N(C)CCOC(C)C. The number of nitrogens with zero attached hydrogens (tertiary/aromatic N) is 1. The number of aliphatic carboxylic acids is 1. The van der Waals surface area contributed by atoms with Gasteiger partial charge in [-0.05, 0) is 19.8 Å². The zero-order chi connectivity index (χ0) is 15.7. The summed E-state index contributed by atoms with van der Waals surface area (Å²) in [6, 6.07) is -0.509. The van der Waals surface area contributed by atoms with E-state index in [1.54, 1.807) is 14.0 Å². The van der Waals surface area contributed by atoms with Crippen LogP contribution in [-0.2, 0) is 14.3 Å². The number of carbonyl (C=O) groups is 3. The van der Waals surface area contributed by atoms with Crippen LogP contribution in [-0.4, -0.2) is 54.2 Å². The van der Waals surface area contributed by atoms with Crippen LogP contribution in [0.1, 0.15) is 33.6 Å². The average molecular weight is 288 g/mol. The molecule has 2 N–H and O–H groups in total. The third-order valence-corrected chi connectivity index (χ3v) is 2.53. The molecule has 7 heteroatoms. The van der Waals surface area contributed by atoms with Gasteiger partial charge in [0.05, 0.1) is 12.7 Å². The monoisotopic (exact) mass is 288 g/mol. The molecule has 0 spiro atoms. The molecule has 0 saturated carbocycles. The van der Waals surface area contributed by atoms with Gasteiger partial charge in [0.15, 0.2) is 0 Å². The summed E-state index contributed by atoms with van der Waals surface area (Å²) in [6.45, 7) is 6.21. The molecule has 0 aliphatic rings. The number of rotatable bonds is 8. The van der Waals surface area contributed by atoms with Crippen LogP contribution in [0.5, 0.6) is 0 Å². The van der Waals surface area contributed by atoms with Crippen molar-refractivity contribution >= 4 is 17.9 Å². The Labute approximate surface area is 119 Å². The number of imide groups is 1. The highest BCUT2D eigenvalue weighted by Crippen LogP contribution is 2.06. The first kappa shape index (κ1) is 18.4. The fourth-order valence-electron chi connectivity index (χ4n) is 1.48. The van der Waals surface area contributed by atoms with Crippen molar-refractivity contribution in [2.75, 3.05) is 20.2 Å². The van der Waals surface area contributed by atoms with Crippen LogP contribution >= 0.6 is 0 Å². The summed E-state index contributed by atoms with van der Waals surface area (Å²) in [4.78, 5) is 35.0. The molecule has 0 bridgehead atoms. The van der Waals surface area contributed by atoms with E-state index in [1.807, 2.05) is 13.8 Å². The molecule has 0 aliphatic heterocycles. The minimum absolute atomic E-state index is 0.00831. The number of urea groups is 1. The molecule has 3 amide bonds. The predicted octanol–water partition coefficient (Wildman–Crippen LogP) is 1.08. The van der Waals surface area contributed by atoms with Crippen LogP contribution in [0.15, 0.2) is 0 Å². The summed E-state index contributed by atoms with van der Waals surface area (Å²) in [5.41, 5.74) is 0. The lowest BCUT2D eigenvalue weighted by Crippen LogP contribution is -2.42. The van der Waals surface area contributed by atoms with Crippen molar-refractivity contribution in [3.05, 3.63) is 0 Å². The maximum atomic E-state index is 11.7. The Hall–Kier alpha value is -1.63. The van der Waals surface area contributed by atoms with E-state index in [1.165, 1.54) is 4.90 Å². The van der Waals surface area contributed by atoms with Crippen molar-refractivity contribution in [3.63, 3.8) is 0 Å².